The highest BCUT2D eigenvalue weighted by Gasteiger charge is 2.12. The molecule has 0 fully saturated rings. The minimum absolute atomic E-state index is 0.714. The average molecular weight is 260 g/mol. The van der Waals surface area contributed by atoms with Gasteiger partial charge in [0, 0.05) is 6.54 Å². The Balaban J connectivity index is 3.21. The zero-order valence-corrected chi connectivity index (χ0v) is 10.1. The van der Waals surface area contributed by atoms with Crippen molar-refractivity contribution in [3.05, 3.63) is 22.2 Å². The first-order chi connectivity index (χ1) is 6.74. The molecule has 1 aromatic rings. The molecule has 1 N–H and O–H groups in total. The van der Waals surface area contributed by atoms with Crippen molar-refractivity contribution in [2.45, 2.75) is 6.54 Å². The lowest BCUT2D eigenvalue weighted by Gasteiger charge is -2.14. The van der Waals surface area contributed by atoms with Crippen molar-refractivity contribution in [2.75, 3.05) is 21.3 Å². The van der Waals surface area contributed by atoms with Crippen LogP contribution in [0.25, 0.3) is 0 Å². The first kappa shape index (κ1) is 11.3. The summed E-state index contributed by atoms with van der Waals surface area (Å²) in [6, 6.07) is 3.83. The molecule has 0 aliphatic rings. The minimum atomic E-state index is 0.714. The summed E-state index contributed by atoms with van der Waals surface area (Å²) in [6.45, 7) is 0.714. The van der Waals surface area contributed by atoms with Crippen molar-refractivity contribution in [2.24, 2.45) is 0 Å². The standard InChI is InChI=1S/C10H14BrNO2/c1-12-6-7-9(13-2)5-4-8(11)10(7)14-3/h4-5,12H,6H2,1-3H3. The molecule has 0 aliphatic carbocycles. The molecular formula is C10H14BrNO2. The molecule has 0 spiro atoms. The second-order valence-corrected chi connectivity index (χ2v) is 3.65. The van der Waals surface area contributed by atoms with Crippen LogP contribution in [0.1, 0.15) is 5.56 Å². The van der Waals surface area contributed by atoms with Crippen LogP contribution in [0.15, 0.2) is 16.6 Å². The Morgan fingerprint density at radius 1 is 1.29 bits per heavy atom. The van der Waals surface area contributed by atoms with Gasteiger partial charge < -0.3 is 14.8 Å². The molecule has 0 aromatic heterocycles. The van der Waals surface area contributed by atoms with Crippen molar-refractivity contribution in [1.29, 1.82) is 0 Å². The van der Waals surface area contributed by atoms with E-state index in [-0.39, 0.29) is 0 Å². The number of ether oxygens (including phenoxy) is 2. The van der Waals surface area contributed by atoms with Gasteiger partial charge in [-0.2, -0.15) is 0 Å². The third kappa shape index (κ3) is 2.19. The Bertz CT molecular complexity index is 315. The van der Waals surface area contributed by atoms with Gasteiger partial charge in [0.15, 0.2) is 0 Å². The normalized spacial score (nSPS) is 10.0. The fourth-order valence-corrected chi connectivity index (χ4v) is 1.87. The topological polar surface area (TPSA) is 30.5 Å². The van der Waals surface area contributed by atoms with Gasteiger partial charge in [-0.15, -0.1) is 0 Å². The van der Waals surface area contributed by atoms with Crippen LogP contribution in [0.5, 0.6) is 11.5 Å². The van der Waals surface area contributed by atoms with E-state index >= 15 is 0 Å². The molecule has 0 bridgehead atoms. The smallest absolute Gasteiger partial charge is 0.141 e. The summed E-state index contributed by atoms with van der Waals surface area (Å²) in [7, 11) is 5.19. The van der Waals surface area contributed by atoms with E-state index < -0.39 is 0 Å². The Morgan fingerprint density at radius 2 is 2.00 bits per heavy atom. The van der Waals surface area contributed by atoms with Gasteiger partial charge in [-0.3, -0.25) is 0 Å². The van der Waals surface area contributed by atoms with Gasteiger partial charge >= 0.3 is 0 Å². The third-order valence-electron chi connectivity index (χ3n) is 1.95. The number of hydrogen-bond acceptors (Lipinski definition) is 3. The molecule has 1 aromatic carbocycles. The van der Waals surface area contributed by atoms with E-state index in [4.69, 9.17) is 9.47 Å². The fraction of sp³-hybridized carbons (Fsp3) is 0.400. The molecule has 0 amide bonds. The molecule has 0 radical (unpaired) electrons. The van der Waals surface area contributed by atoms with Crippen LogP contribution in [0.3, 0.4) is 0 Å². The Labute approximate surface area is 92.5 Å². The third-order valence-corrected chi connectivity index (χ3v) is 2.57. The molecule has 0 saturated heterocycles. The lowest BCUT2D eigenvalue weighted by Crippen LogP contribution is -2.08. The fourth-order valence-electron chi connectivity index (χ4n) is 1.34. The molecule has 0 heterocycles. The maximum Gasteiger partial charge on any atom is 0.141 e. The molecule has 1 rings (SSSR count). The summed E-state index contributed by atoms with van der Waals surface area (Å²) < 4.78 is 11.5. The van der Waals surface area contributed by atoms with Crippen LogP contribution >= 0.6 is 15.9 Å². The second-order valence-electron chi connectivity index (χ2n) is 2.79. The first-order valence-corrected chi connectivity index (χ1v) is 5.07. The molecule has 0 unspecified atom stereocenters. The van der Waals surface area contributed by atoms with Crippen LogP contribution in [0.4, 0.5) is 0 Å². The van der Waals surface area contributed by atoms with Gasteiger partial charge in [-0.05, 0) is 35.1 Å². The molecule has 0 saturated carbocycles. The Morgan fingerprint density at radius 3 is 2.50 bits per heavy atom. The Kier molecular flexibility index (Phi) is 4.22. The number of rotatable bonds is 4. The van der Waals surface area contributed by atoms with Gasteiger partial charge in [0.2, 0.25) is 0 Å². The van der Waals surface area contributed by atoms with Crippen molar-refractivity contribution in [3.8, 4) is 11.5 Å². The highest BCUT2D eigenvalue weighted by molar-refractivity contribution is 9.10. The van der Waals surface area contributed by atoms with E-state index in [9.17, 15) is 0 Å². The zero-order valence-electron chi connectivity index (χ0n) is 8.56. The number of methoxy groups -OCH3 is 2. The maximum atomic E-state index is 5.30. The number of benzene rings is 1. The highest BCUT2D eigenvalue weighted by atomic mass is 79.9. The van der Waals surface area contributed by atoms with E-state index in [1.165, 1.54) is 0 Å². The van der Waals surface area contributed by atoms with Crippen molar-refractivity contribution < 1.29 is 9.47 Å². The van der Waals surface area contributed by atoms with Gasteiger partial charge in [0.1, 0.15) is 11.5 Å². The SMILES string of the molecule is CNCc1c(OC)ccc(Br)c1OC. The monoisotopic (exact) mass is 259 g/mol. The summed E-state index contributed by atoms with van der Waals surface area (Å²) in [6.07, 6.45) is 0. The molecule has 4 heteroatoms. The minimum Gasteiger partial charge on any atom is -0.496 e. The van der Waals surface area contributed by atoms with Crippen LogP contribution in [-0.4, -0.2) is 21.3 Å². The van der Waals surface area contributed by atoms with Crippen LogP contribution in [0.2, 0.25) is 0 Å². The van der Waals surface area contributed by atoms with E-state index in [1.54, 1.807) is 14.2 Å². The lowest BCUT2D eigenvalue weighted by atomic mass is 10.1. The molecular weight excluding hydrogens is 246 g/mol. The van der Waals surface area contributed by atoms with E-state index in [0.29, 0.717) is 6.54 Å². The van der Waals surface area contributed by atoms with Crippen molar-refractivity contribution in [3.63, 3.8) is 0 Å². The number of halogens is 1. The summed E-state index contributed by atoms with van der Waals surface area (Å²) >= 11 is 3.43. The van der Waals surface area contributed by atoms with Crippen LogP contribution < -0.4 is 14.8 Å². The molecule has 0 aliphatic heterocycles. The van der Waals surface area contributed by atoms with E-state index in [2.05, 4.69) is 21.2 Å². The highest BCUT2D eigenvalue weighted by Crippen LogP contribution is 2.35. The second kappa shape index (κ2) is 5.22. The zero-order chi connectivity index (χ0) is 10.6. The molecule has 3 nitrogen and oxygen atoms in total. The maximum absolute atomic E-state index is 5.30. The van der Waals surface area contributed by atoms with E-state index in [1.807, 2.05) is 19.2 Å². The quantitative estimate of drug-likeness (QED) is 0.900. The van der Waals surface area contributed by atoms with Gasteiger partial charge in [-0.25, -0.2) is 0 Å². The van der Waals surface area contributed by atoms with Gasteiger partial charge in [0.05, 0.1) is 24.3 Å². The van der Waals surface area contributed by atoms with Crippen molar-refractivity contribution in [1.82, 2.24) is 5.32 Å². The average Bonchev–Trinajstić information content (AvgIpc) is 2.19. The summed E-state index contributed by atoms with van der Waals surface area (Å²) in [5, 5.41) is 3.08. The lowest BCUT2D eigenvalue weighted by molar-refractivity contribution is 0.382. The molecule has 78 valence electrons. The first-order valence-electron chi connectivity index (χ1n) is 4.28. The van der Waals surface area contributed by atoms with Crippen LogP contribution in [0, 0.1) is 0 Å². The predicted molar refractivity (Wildman–Crippen MR) is 60.0 cm³/mol. The van der Waals surface area contributed by atoms with Crippen molar-refractivity contribution >= 4 is 15.9 Å². The largest absolute Gasteiger partial charge is 0.496 e. The molecule has 0 atom stereocenters. The number of nitrogens with one attached hydrogen (secondary N) is 1. The van der Waals surface area contributed by atoms with Gasteiger partial charge in [0.25, 0.3) is 0 Å². The van der Waals surface area contributed by atoms with E-state index in [0.717, 1.165) is 21.5 Å². The van der Waals surface area contributed by atoms with Gasteiger partial charge in [-0.1, -0.05) is 0 Å². The predicted octanol–water partition coefficient (Wildman–Crippen LogP) is 2.19. The summed E-state index contributed by atoms with van der Waals surface area (Å²) in [5.41, 5.74) is 1.02. The molecule has 14 heavy (non-hydrogen) atoms. The summed E-state index contributed by atoms with van der Waals surface area (Å²) in [4.78, 5) is 0. The van der Waals surface area contributed by atoms with Crippen LogP contribution in [-0.2, 0) is 6.54 Å². The Hall–Kier alpha value is -0.740. The number of hydrogen-bond donors (Lipinski definition) is 1. The summed E-state index contributed by atoms with van der Waals surface area (Å²) in [5.74, 6) is 1.65.